The molecule has 1 N–H and O–H groups in total. The van der Waals surface area contributed by atoms with E-state index in [1.54, 1.807) is 0 Å². The topological polar surface area (TPSA) is 15.3 Å². The minimum absolute atomic E-state index is 0.702. The maximum absolute atomic E-state index is 3.82. The predicted octanol–water partition coefficient (Wildman–Crippen LogP) is 3.47. The monoisotopic (exact) mass is 298 g/mol. The highest BCUT2D eigenvalue weighted by atomic mass is 32.2. The van der Waals surface area contributed by atoms with Gasteiger partial charge in [0.2, 0.25) is 0 Å². The molecule has 0 radical (unpaired) electrons. The minimum Gasteiger partial charge on any atom is -0.311 e. The molecule has 3 atom stereocenters. The maximum atomic E-state index is 3.82. The van der Waals surface area contributed by atoms with Gasteiger partial charge < -0.3 is 5.32 Å². The van der Waals surface area contributed by atoms with Crippen LogP contribution in [0.4, 0.5) is 0 Å². The molecule has 2 nitrogen and oxygen atoms in total. The molecule has 2 aliphatic heterocycles. The Bertz CT molecular complexity index is 274. The molecule has 2 saturated heterocycles. The van der Waals surface area contributed by atoms with E-state index in [1.165, 1.54) is 50.4 Å². The number of nitrogens with one attached hydrogen (secondary N) is 1. The van der Waals surface area contributed by atoms with Crippen molar-refractivity contribution in [3.05, 3.63) is 0 Å². The van der Waals surface area contributed by atoms with Gasteiger partial charge >= 0.3 is 0 Å². The molecule has 0 bridgehead atoms. The summed E-state index contributed by atoms with van der Waals surface area (Å²) in [5.74, 6) is 5.29. The standard InChI is InChI=1S/C17H34N2S/c1-5-14(4)16-12-19(17(10-18-16)13(2)3)11-15-6-8-20-9-7-15/h13-18H,5-12H2,1-4H3. The second kappa shape index (κ2) is 8.05. The average molecular weight is 299 g/mol. The van der Waals surface area contributed by atoms with Crippen molar-refractivity contribution in [1.29, 1.82) is 0 Å². The van der Waals surface area contributed by atoms with Crippen LogP contribution in [0, 0.1) is 17.8 Å². The van der Waals surface area contributed by atoms with Crippen LogP contribution in [0.2, 0.25) is 0 Å². The van der Waals surface area contributed by atoms with Crippen molar-refractivity contribution in [2.75, 3.05) is 31.1 Å². The summed E-state index contributed by atoms with van der Waals surface area (Å²) < 4.78 is 0. The van der Waals surface area contributed by atoms with Crippen molar-refractivity contribution >= 4 is 11.8 Å². The van der Waals surface area contributed by atoms with Gasteiger partial charge in [-0.2, -0.15) is 11.8 Å². The summed E-state index contributed by atoms with van der Waals surface area (Å²) in [5.41, 5.74) is 0. The van der Waals surface area contributed by atoms with E-state index in [9.17, 15) is 0 Å². The van der Waals surface area contributed by atoms with Crippen molar-refractivity contribution in [2.45, 2.75) is 59.0 Å². The smallest absolute Gasteiger partial charge is 0.0244 e. The van der Waals surface area contributed by atoms with Crippen molar-refractivity contribution in [1.82, 2.24) is 10.2 Å². The zero-order chi connectivity index (χ0) is 14.5. The average Bonchev–Trinajstić information content (AvgIpc) is 2.47. The third-order valence-electron chi connectivity index (χ3n) is 5.42. The lowest BCUT2D eigenvalue weighted by atomic mass is 9.90. The van der Waals surface area contributed by atoms with Gasteiger partial charge in [-0.1, -0.05) is 34.1 Å². The summed E-state index contributed by atoms with van der Waals surface area (Å²) in [6, 6.07) is 1.44. The van der Waals surface area contributed by atoms with Crippen LogP contribution in [0.5, 0.6) is 0 Å². The Balaban J connectivity index is 1.94. The lowest BCUT2D eigenvalue weighted by molar-refractivity contribution is 0.0657. The van der Waals surface area contributed by atoms with Crippen LogP contribution in [-0.4, -0.2) is 48.1 Å². The molecule has 2 aliphatic rings. The summed E-state index contributed by atoms with van der Waals surface area (Å²) in [6.07, 6.45) is 4.17. The lowest BCUT2D eigenvalue weighted by Gasteiger charge is -2.45. The number of nitrogens with zero attached hydrogens (tertiary/aromatic N) is 1. The van der Waals surface area contributed by atoms with E-state index in [1.807, 2.05) is 0 Å². The molecule has 0 aromatic rings. The second-order valence-corrected chi connectivity index (χ2v) is 8.45. The molecule has 0 saturated carbocycles. The van der Waals surface area contributed by atoms with Crippen LogP contribution in [0.1, 0.15) is 47.0 Å². The molecule has 20 heavy (non-hydrogen) atoms. The fourth-order valence-electron chi connectivity index (χ4n) is 3.65. The SMILES string of the molecule is CCC(C)C1CN(CC2CCSCC2)C(C(C)C)CN1. The third-order valence-corrected chi connectivity index (χ3v) is 6.47. The maximum Gasteiger partial charge on any atom is 0.0244 e. The minimum atomic E-state index is 0.702. The van der Waals surface area contributed by atoms with E-state index in [-0.39, 0.29) is 0 Å². The Labute approximate surface area is 130 Å². The van der Waals surface area contributed by atoms with Crippen molar-refractivity contribution in [3.8, 4) is 0 Å². The summed E-state index contributed by atoms with van der Waals surface area (Å²) in [5, 5.41) is 3.82. The van der Waals surface area contributed by atoms with E-state index in [2.05, 4.69) is 49.7 Å². The Morgan fingerprint density at radius 1 is 1.20 bits per heavy atom. The van der Waals surface area contributed by atoms with Gasteiger partial charge in [-0.3, -0.25) is 4.90 Å². The van der Waals surface area contributed by atoms with Crippen LogP contribution >= 0.6 is 11.8 Å². The molecule has 118 valence electrons. The first-order valence-corrected chi connectivity index (χ1v) is 9.82. The third kappa shape index (κ3) is 4.38. The van der Waals surface area contributed by atoms with Crippen molar-refractivity contribution in [3.63, 3.8) is 0 Å². The molecule has 0 aromatic heterocycles. The van der Waals surface area contributed by atoms with Crippen molar-refractivity contribution < 1.29 is 0 Å². The largest absolute Gasteiger partial charge is 0.311 e. The predicted molar refractivity (Wildman–Crippen MR) is 91.5 cm³/mol. The molecule has 2 heterocycles. The highest BCUT2D eigenvalue weighted by Crippen LogP contribution is 2.27. The molecule has 2 fully saturated rings. The summed E-state index contributed by atoms with van der Waals surface area (Å²) in [7, 11) is 0. The zero-order valence-corrected chi connectivity index (χ0v) is 14.7. The fourth-order valence-corrected chi connectivity index (χ4v) is 4.85. The number of piperazine rings is 1. The van der Waals surface area contributed by atoms with Gasteiger partial charge in [0, 0.05) is 31.7 Å². The summed E-state index contributed by atoms with van der Waals surface area (Å²) in [4.78, 5) is 2.83. The van der Waals surface area contributed by atoms with Gasteiger partial charge in [0.15, 0.2) is 0 Å². The summed E-state index contributed by atoms with van der Waals surface area (Å²) in [6.45, 7) is 13.3. The first-order valence-electron chi connectivity index (χ1n) is 8.67. The second-order valence-electron chi connectivity index (χ2n) is 7.22. The zero-order valence-electron chi connectivity index (χ0n) is 13.9. The van der Waals surface area contributed by atoms with Crippen LogP contribution in [0.15, 0.2) is 0 Å². The van der Waals surface area contributed by atoms with Gasteiger partial charge in [0.25, 0.3) is 0 Å². The normalized spacial score (nSPS) is 31.6. The van der Waals surface area contributed by atoms with Gasteiger partial charge in [-0.15, -0.1) is 0 Å². The molecule has 0 aliphatic carbocycles. The van der Waals surface area contributed by atoms with E-state index >= 15 is 0 Å². The fraction of sp³-hybridized carbons (Fsp3) is 1.00. The van der Waals surface area contributed by atoms with Gasteiger partial charge in [-0.05, 0) is 42.1 Å². The Morgan fingerprint density at radius 3 is 2.50 bits per heavy atom. The van der Waals surface area contributed by atoms with E-state index in [0.29, 0.717) is 6.04 Å². The highest BCUT2D eigenvalue weighted by molar-refractivity contribution is 7.99. The molecular formula is C17H34N2S. The molecule has 0 amide bonds. The number of rotatable bonds is 5. The van der Waals surface area contributed by atoms with E-state index < -0.39 is 0 Å². The first-order chi connectivity index (χ1) is 9.61. The Morgan fingerprint density at radius 2 is 1.90 bits per heavy atom. The van der Waals surface area contributed by atoms with Gasteiger partial charge in [0.05, 0.1) is 0 Å². The van der Waals surface area contributed by atoms with E-state index in [0.717, 1.165) is 23.8 Å². The highest BCUT2D eigenvalue weighted by Gasteiger charge is 2.33. The molecule has 2 rings (SSSR count). The van der Waals surface area contributed by atoms with Crippen molar-refractivity contribution in [2.24, 2.45) is 17.8 Å². The van der Waals surface area contributed by atoms with Crippen LogP contribution in [0.3, 0.4) is 0 Å². The number of hydrogen-bond acceptors (Lipinski definition) is 3. The van der Waals surface area contributed by atoms with Gasteiger partial charge in [0.1, 0.15) is 0 Å². The molecule has 3 unspecified atom stereocenters. The molecule has 3 heteroatoms. The summed E-state index contributed by atoms with van der Waals surface area (Å²) >= 11 is 2.15. The Hall–Kier alpha value is 0.270. The number of hydrogen-bond donors (Lipinski definition) is 1. The van der Waals surface area contributed by atoms with Gasteiger partial charge in [-0.25, -0.2) is 0 Å². The van der Waals surface area contributed by atoms with Crippen LogP contribution in [-0.2, 0) is 0 Å². The number of thioether (sulfide) groups is 1. The quantitative estimate of drug-likeness (QED) is 0.836. The van der Waals surface area contributed by atoms with E-state index in [4.69, 9.17) is 0 Å². The van der Waals surface area contributed by atoms with Crippen LogP contribution < -0.4 is 5.32 Å². The molecule has 0 spiro atoms. The van der Waals surface area contributed by atoms with Crippen LogP contribution in [0.25, 0.3) is 0 Å². The lowest BCUT2D eigenvalue weighted by Crippen LogP contribution is -2.60. The molecular weight excluding hydrogens is 264 g/mol. The molecule has 0 aromatic carbocycles. The Kier molecular flexibility index (Phi) is 6.70. The first kappa shape index (κ1) is 16.6.